The van der Waals surface area contributed by atoms with Crippen LogP contribution in [0.1, 0.15) is 25.7 Å². The van der Waals surface area contributed by atoms with Crippen LogP contribution in [0.5, 0.6) is 0 Å². The van der Waals surface area contributed by atoms with Crippen LogP contribution in [0, 0.1) is 5.41 Å². The fourth-order valence-corrected chi connectivity index (χ4v) is 3.46. The molecule has 0 bridgehead atoms. The Morgan fingerprint density at radius 3 is 2.95 bits per heavy atom. The highest BCUT2D eigenvalue weighted by Gasteiger charge is 2.42. The predicted octanol–water partition coefficient (Wildman–Crippen LogP) is 0.768. The van der Waals surface area contributed by atoms with Crippen molar-refractivity contribution >= 4 is 5.96 Å². The lowest BCUT2D eigenvalue weighted by atomic mass is 9.87. The molecule has 2 heterocycles. The average molecular weight is 280 g/mol. The Balaban J connectivity index is 1.45. The van der Waals surface area contributed by atoms with E-state index in [-0.39, 0.29) is 0 Å². The topological polar surface area (TPSA) is 40.1 Å². The molecule has 1 saturated carbocycles. The molecule has 0 aromatic carbocycles. The van der Waals surface area contributed by atoms with Gasteiger partial charge < -0.3 is 19.9 Å². The first-order valence-electron chi connectivity index (χ1n) is 7.96. The average Bonchev–Trinajstić information content (AvgIpc) is 3.09. The smallest absolute Gasteiger partial charge is 0.193 e. The van der Waals surface area contributed by atoms with Crippen LogP contribution in [0.4, 0.5) is 0 Å². The molecule has 1 spiro atoms. The summed E-state index contributed by atoms with van der Waals surface area (Å²) >= 11 is 0. The number of guanidine groups is 1. The summed E-state index contributed by atoms with van der Waals surface area (Å²) < 4.78 is 5.60. The fourth-order valence-electron chi connectivity index (χ4n) is 3.46. The molecule has 3 aliphatic rings. The predicted molar refractivity (Wildman–Crippen MR) is 81.1 cm³/mol. The van der Waals surface area contributed by atoms with E-state index in [1.165, 1.54) is 25.7 Å². The summed E-state index contributed by atoms with van der Waals surface area (Å²) in [6.45, 7) is 6.18. The minimum Gasteiger partial charge on any atom is -0.381 e. The molecule has 20 heavy (non-hydrogen) atoms. The summed E-state index contributed by atoms with van der Waals surface area (Å²) in [4.78, 5) is 9.32. The maximum absolute atomic E-state index is 5.60. The number of likely N-dealkylation sites (tertiary alicyclic amines) is 1. The van der Waals surface area contributed by atoms with Crippen molar-refractivity contribution in [3.05, 3.63) is 0 Å². The lowest BCUT2D eigenvalue weighted by Gasteiger charge is -2.25. The van der Waals surface area contributed by atoms with Gasteiger partial charge in [0.05, 0.1) is 6.61 Å². The third kappa shape index (κ3) is 3.09. The first-order chi connectivity index (χ1) is 9.72. The maximum atomic E-state index is 5.60. The Hall–Kier alpha value is -0.810. The third-order valence-corrected chi connectivity index (χ3v) is 5.05. The van der Waals surface area contributed by atoms with Gasteiger partial charge in [0.1, 0.15) is 0 Å². The summed E-state index contributed by atoms with van der Waals surface area (Å²) in [7, 11) is 4.12. The van der Waals surface area contributed by atoms with Crippen molar-refractivity contribution in [2.75, 3.05) is 53.5 Å². The van der Waals surface area contributed by atoms with Crippen molar-refractivity contribution in [2.24, 2.45) is 10.4 Å². The molecule has 1 aliphatic carbocycles. The summed E-state index contributed by atoms with van der Waals surface area (Å²) in [6, 6.07) is 0.838. The van der Waals surface area contributed by atoms with E-state index in [9.17, 15) is 0 Å². The summed E-state index contributed by atoms with van der Waals surface area (Å²) in [5.41, 5.74) is 0.405. The fraction of sp³-hybridized carbons (Fsp3) is 0.933. The molecule has 5 nitrogen and oxygen atoms in total. The van der Waals surface area contributed by atoms with Gasteiger partial charge in [0.25, 0.3) is 0 Å². The molecule has 5 heteroatoms. The molecule has 1 atom stereocenters. The Morgan fingerprint density at radius 1 is 1.45 bits per heavy atom. The zero-order valence-corrected chi connectivity index (χ0v) is 12.9. The van der Waals surface area contributed by atoms with Gasteiger partial charge in [-0.15, -0.1) is 0 Å². The Labute approximate surface area is 122 Å². The molecule has 0 radical (unpaired) electrons. The highest BCUT2D eigenvalue weighted by molar-refractivity contribution is 5.80. The molecule has 3 rings (SSSR count). The number of nitrogens with zero attached hydrogens (tertiary/aromatic N) is 3. The molecule has 0 aromatic heterocycles. The van der Waals surface area contributed by atoms with Crippen LogP contribution >= 0.6 is 0 Å². The number of hydrogen-bond acceptors (Lipinski definition) is 3. The van der Waals surface area contributed by atoms with Gasteiger partial charge in [-0.3, -0.25) is 4.99 Å². The van der Waals surface area contributed by atoms with Crippen molar-refractivity contribution in [3.8, 4) is 0 Å². The van der Waals surface area contributed by atoms with Gasteiger partial charge >= 0.3 is 0 Å². The molecule has 2 saturated heterocycles. The van der Waals surface area contributed by atoms with E-state index in [2.05, 4.69) is 27.2 Å². The van der Waals surface area contributed by atoms with Crippen LogP contribution < -0.4 is 5.32 Å². The molecule has 3 fully saturated rings. The Bertz CT molecular complexity index is 361. The largest absolute Gasteiger partial charge is 0.381 e. The van der Waals surface area contributed by atoms with Crippen molar-refractivity contribution < 1.29 is 4.74 Å². The second-order valence-corrected chi connectivity index (χ2v) is 6.66. The zero-order chi connectivity index (χ0) is 14.0. The number of rotatable bonds is 4. The van der Waals surface area contributed by atoms with E-state index >= 15 is 0 Å². The van der Waals surface area contributed by atoms with E-state index in [1.807, 2.05) is 7.05 Å². The van der Waals surface area contributed by atoms with Crippen LogP contribution in [0.15, 0.2) is 4.99 Å². The van der Waals surface area contributed by atoms with Crippen molar-refractivity contribution in [3.63, 3.8) is 0 Å². The van der Waals surface area contributed by atoms with E-state index in [4.69, 9.17) is 4.74 Å². The molecular weight excluding hydrogens is 252 g/mol. The van der Waals surface area contributed by atoms with E-state index in [0.717, 1.165) is 51.4 Å². The summed E-state index contributed by atoms with van der Waals surface area (Å²) in [6.07, 6.45) is 5.21. The first-order valence-corrected chi connectivity index (χ1v) is 7.96. The van der Waals surface area contributed by atoms with Gasteiger partial charge in [-0.05, 0) is 32.7 Å². The molecule has 1 N–H and O–H groups in total. The Kier molecular flexibility index (Phi) is 4.17. The van der Waals surface area contributed by atoms with E-state index < -0.39 is 0 Å². The van der Waals surface area contributed by atoms with Crippen LogP contribution in [0.25, 0.3) is 0 Å². The molecule has 2 aliphatic heterocycles. The van der Waals surface area contributed by atoms with E-state index in [1.54, 1.807) is 0 Å². The van der Waals surface area contributed by atoms with E-state index in [0.29, 0.717) is 5.41 Å². The van der Waals surface area contributed by atoms with Gasteiger partial charge in [-0.25, -0.2) is 0 Å². The third-order valence-electron chi connectivity index (χ3n) is 5.05. The van der Waals surface area contributed by atoms with Crippen molar-refractivity contribution in [1.82, 2.24) is 15.1 Å². The minimum absolute atomic E-state index is 0.405. The quantitative estimate of drug-likeness (QED) is 0.610. The van der Waals surface area contributed by atoms with Gasteiger partial charge in [0, 0.05) is 51.3 Å². The molecule has 114 valence electrons. The van der Waals surface area contributed by atoms with Crippen LogP contribution in [-0.4, -0.2) is 75.3 Å². The highest BCUT2D eigenvalue weighted by Crippen LogP contribution is 2.38. The number of hydrogen-bond donors (Lipinski definition) is 1. The number of ether oxygens (including phenoxy) is 1. The lowest BCUT2D eigenvalue weighted by Crippen LogP contribution is -2.44. The molecule has 0 amide bonds. The van der Waals surface area contributed by atoms with Gasteiger partial charge in [0.2, 0.25) is 0 Å². The highest BCUT2D eigenvalue weighted by atomic mass is 16.5. The summed E-state index contributed by atoms with van der Waals surface area (Å²) in [5, 5.41) is 3.52. The zero-order valence-electron chi connectivity index (χ0n) is 12.9. The number of likely N-dealkylation sites (N-methyl/N-ethyl adjacent to an activating group) is 1. The molecular formula is C15H28N4O. The monoisotopic (exact) mass is 280 g/mol. The Morgan fingerprint density at radius 2 is 2.30 bits per heavy atom. The van der Waals surface area contributed by atoms with Gasteiger partial charge in [-0.2, -0.15) is 0 Å². The minimum atomic E-state index is 0.405. The van der Waals surface area contributed by atoms with Crippen LogP contribution in [-0.2, 0) is 4.74 Å². The van der Waals surface area contributed by atoms with Gasteiger partial charge in [0.15, 0.2) is 5.96 Å². The van der Waals surface area contributed by atoms with Crippen molar-refractivity contribution in [1.29, 1.82) is 0 Å². The standard InChI is InChI=1S/C15H28N4O/c1-16-14(17-7-9-18(2)13-3-4-13)19-8-5-15(11-19)6-10-20-12-15/h13H,3-12H2,1-2H3,(H,16,17). The molecule has 1 unspecified atom stereocenters. The first kappa shape index (κ1) is 14.1. The summed E-state index contributed by atoms with van der Waals surface area (Å²) in [5.74, 6) is 1.07. The van der Waals surface area contributed by atoms with Crippen LogP contribution in [0.3, 0.4) is 0 Å². The normalized spacial score (nSPS) is 30.8. The second kappa shape index (κ2) is 5.90. The maximum Gasteiger partial charge on any atom is 0.193 e. The SMILES string of the molecule is CN=C(NCCN(C)C1CC1)N1CCC2(CCOC2)C1. The van der Waals surface area contributed by atoms with Gasteiger partial charge in [-0.1, -0.05) is 0 Å². The van der Waals surface area contributed by atoms with Crippen molar-refractivity contribution in [2.45, 2.75) is 31.7 Å². The number of nitrogens with one attached hydrogen (secondary N) is 1. The number of aliphatic imine (C=N–C) groups is 1. The van der Waals surface area contributed by atoms with Crippen LogP contribution in [0.2, 0.25) is 0 Å². The molecule has 0 aromatic rings. The second-order valence-electron chi connectivity index (χ2n) is 6.66. The lowest BCUT2D eigenvalue weighted by molar-refractivity contribution is 0.156.